The predicted octanol–water partition coefficient (Wildman–Crippen LogP) is 3.63. The van der Waals surface area contributed by atoms with Crippen LogP contribution in [0.3, 0.4) is 0 Å². The summed E-state index contributed by atoms with van der Waals surface area (Å²) in [4.78, 5) is 20.9. The van der Waals surface area contributed by atoms with E-state index >= 15 is 0 Å². The molecular formula is C14H10BrNO5. The number of rotatable bonds is 5. The Hall–Kier alpha value is -2.41. The number of hydrogen-bond acceptors (Lipinski definition) is 4. The Morgan fingerprint density at radius 2 is 1.90 bits per heavy atom. The van der Waals surface area contributed by atoms with E-state index in [4.69, 9.17) is 9.84 Å². The first kappa shape index (κ1) is 15.0. The fourth-order valence-electron chi connectivity index (χ4n) is 1.63. The van der Waals surface area contributed by atoms with Gasteiger partial charge in [-0.05, 0) is 51.8 Å². The first-order chi connectivity index (χ1) is 9.97. The SMILES string of the molecule is O=C(O)c1ccc(OCc2ccc([N+](=O)[O-])cc2)c(Br)c1. The fraction of sp³-hybridized carbons (Fsp3) is 0.0714. The maximum absolute atomic E-state index is 10.8. The van der Waals surface area contributed by atoms with Crippen molar-refractivity contribution in [2.45, 2.75) is 6.61 Å². The molecule has 0 aliphatic heterocycles. The number of nitro groups is 1. The maximum atomic E-state index is 10.8. The zero-order valence-corrected chi connectivity index (χ0v) is 12.2. The topological polar surface area (TPSA) is 89.7 Å². The molecule has 1 N–H and O–H groups in total. The van der Waals surface area contributed by atoms with E-state index in [1.807, 2.05) is 0 Å². The first-order valence-electron chi connectivity index (χ1n) is 5.86. The van der Waals surface area contributed by atoms with Gasteiger partial charge in [-0.25, -0.2) is 4.79 Å². The number of carbonyl (C=O) groups is 1. The number of halogens is 1. The summed E-state index contributed by atoms with van der Waals surface area (Å²) in [5.74, 6) is -0.518. The van der Waals surface area contributed by atoms with Crippen molar-refractivity contribution in [1.82, 2.24) is 0 Å². The largest absolute Gasteiger partial charge is 0.488 e. The summed E-state index contributed by atoms with van der Waals surface area (Å²) in [6.45, 7) is 0.225. The van der Waals surface area contributed by atoms with Gasteiger partial charge in [-0.1, -0.05) is 0 Å². The highest BCUT2D eigenvalue weighted by Crippen LogP contribution is 2.27. The normalized spacial score (nSPS) is 10.1. The maximum Gasteiger partial charge on any atom is 0.335 e. The Balaban J connectivity index is 2.06. The van der Waals surface area contributed by atoms with Crippen LogP contribution >= 0.6 is 15.9 Å². The average Bonchev–Trinajstić information content (AvgIpc) is 2.46. The van der Waals surface area contributed by atoms with Gasteiger partial charge in [0.05, 0.1) is 15.0 Å². The number of nitro benzene ring substituents is 1. The molecule has 0 radical (unpaired) electrons. The predicted molar refractivity (Wildman–Crippen MR) is 78.5 cm³/mol. The third-order valence-electron chi connectivity index (χ3n) is 2.72. The lowest BCUT2D eigenvalue weighted by atomic mass is 10.2. The third kappa shape index (κ3) is 3.79. The smallest absolute Gasteiger partial charge is 0.335 e. The van der Waals surface area contributed by atoms with Crippen molar-refractivity contribution >= 4 is 27.6 Å². The number of hydrogen-bond donors (Lipinski definition) is 1. The fourth-order valence-corrected chi connectivity index (χ4v) is 2.12. The van der Waals surface area contributed by atoms with Crippen LogP contribution in [0.5, 0.6) is 5.75 Å². The van der Waals surface area contributed by atoms with Crippen LogP contribution in [0.4, 0.5) is 5.69 Å². The Bertz CT molecular complexity index is 684. The van der Waals surface area contributed by atoms with E-state index in [0.29, 0.717) is 10.2 Å². The molecular weight excluding hydrogens is 342 g/mol. The van der Waals surface area contributed by atoms with E-state index in [-0.39, 0.29) is 17.9 Å². The van der Waals surface area contributed by atoms with Gasteiger partial charge in [0.25, 0.3) is 5.69 Å². The van der Waals surface area contributed by atoms with Crippen LogP contribution in [0.25, 0.3) is 0 Å². The number of ether oxygens (including phenoxy) is 1. The second kappa shape index (κ2) is 6.36. The summed E-state index contributed by atoms with van der Waals surface area (Å²) in [6.07, 6.45) is 0. The number of nitrogens with zero attached hydrogens (tertiary/aromatic N) is 1. The van der Waals surface area contributed by atoms with E-state index in [2.05, 4.69) is 15.9 Å². The van der Waals surface area contributed by atoms with Crippen molar-refractivity contribution in [3.63, 3.8) is 0 Å². The molecule has 6 nitrogen and oxygen atoms in total. The van der Waals surface area contributed by atoms with Gasteiger partial charge in [0.1, 0.15) is 12.4 Å². The molecule has 0 aliphatic carbocycles. The highest BCUT2D eigenvalue weighted by molar-refractivity contribution is 9.10. The molecule has 0 heterocycles. The van der Waals surface area contributed by atoms with Gasteiger partial charge in [0.15, 0.2) is 0 Å². The Kier molecular flexibility index (Phi) is 4.54. The standard InChI is InChI=1S/C14H10BrNO5/c15-12-7-10(14(17)18)3-6-13(12)21-8-9-1-4-11(5-2-9)16(19)20/h1-7H,8H2,(H,17,18). The summed E-state index contributed by atoms with van der Waals surface area (Å²) >= 11 is 3.24. The number of non-ortho nitro benzene ring substituents is 1. The Labute approximate surface area is 128 Å². The average molecular weight is 352 g/mol. The van der Waals surface area contributed by atoms with Gasteiger partial charge in [-0.3, -0.25) is 10.1 Å². The molecule has 2 aromatic rings. The third-order valence-corrected chi connectivity index (χ3v) is 3.34. The minimum atomic E-state index is -1.02. The van der Waals surface area contributed by atoms with Crippen LogP contribution in [-0.2, 0) is 6.61 Å². The molecule has 0 saturated carbocycles. The lowest BCUT2D eigenvalue weighted by Crippen LogP contribution is -1.99. The minimum Gasteiger partial charge on any atom is -0.488 e. The van der Waals surface area contributed by atoms with Gasteiger partial charge in [0.2, 0.25) is 0 Å². The van der Waals surface area contributed by atoms with Gasteiger partial charge < -0.3 is 9.84 Å². The summed E-state index contributed by atoms with van der Waals surface area (Å²) in [6, 6.07) is 10.5. The molecule has 0 unspecified atom stereocenters. The zero-order chi connectivity index (χ0) is 15.4. The molecule has 2 aromatic carbocycles. The zero-order valence-electron chi connectivity index (χ0n) is 10.7. The molecule has 7 heteroatoms. The van der Waals surface area contributed by atoms with Crippen LogP contribution in [-0.4, -0.2) is 16.0 Å². The Morgan fingerprint density at radius 1 is 1.24 bits per heavy atom. The van der Waals surface area contributed by atoms with Crippen molar-refractivity contribution in [2.75, 3.05) is 0 Å². The van der Waals surface area contributed by atoms with Crippen molar-refractivity contribution in [2.24, 2.45) is 0 Å². The quantitative estimate of drug-likeness (QED) is 0.656. The first-order valence-corrected chi connectivity index (χ1v) is 6.65. The highest BCUT2D eigenvalue weighted by atomic mass is 79.9. The van der Waals surface area contributed by atoms with Crippen molar-refractivity contribution in [3.8, 4) is 5.75 Å². The van der Waals surface area contributed by atoms with Crippen LogP contribution in [0.2, 0.25) is 0 Å². The summed E-state index contributed by atoms with van der Waals surface area (Å²) in [5, 5.41) is 19.4. The van der Waals surface area contributed by atoms with E-state index in [0.717, 1.165) is 5.56 Å². The number of carboxylic acids is 1. The van der Waals surface area contributed by atoms with Crippen molar-refractivity contribution < 1.29 is 19.6 Å². The molecule has 0 bridgehead atoms. The molecule has 0 amide bonds. The van der Waals surface area contributed by atoms with E-state index in [1.54, 1.807) is 18.2 Å². The van der Waals surface area contributed by atoms with E-state index in [1.165, 1.54) is 24.3 Å². The number of aromatic carboxylic acids is 1. The highest BCUT2D eigenvalue weighted by Gasteiger charge is 2.08. The second-order valence-electron chi connectivity index (χ2n) is 4.16. The molecule has 0 aromatic heterocycles. The lowest BCUT2D eigenvalue weighted by molar-refractivity contribution is -0.384. The van der Waals surface area contributed by atoms with E-state index < -0.39 is 10.9 Å². The number of benzene rings is 2. The molecule has 21 heavy (non-hydrogen) atoms. The van der Waals surface area contributed by atoms with Gasteiger partial charge in [0, 0.05) is 12.1 Å². The number of carboxylic acid groups (broad SMARTS) is 1. The van der Waals surface area contributed by atoms with Gasteiger partial charge in [-0.2, -0.15) is 0 Å². The molecule has 0 aliphatic rings. The summed E-state index contributed by atoms with van der Waals surface area (Å²) in [5.41, 5.74) is 0.949. The monoisotopic (exact) mass is 351 g/mol. The molecule has 0 atom stereocenters. The summed E-state index contributed by atoms with van der Waals surface area (Å²) < 4.78 is 6.08. The van der Waals surface area contributed by atoms with E-state index in [9.17, 15) is 14.9 Å². The van der Waals surface area contributed by atoms with Crippen LogP contribution in [0, 0.1) is 10.1 Å². The molecule has 0 fully saturated rings. The molecule has 2 rings (SSSR count). The van der Waals surface area contributed by atoms with Gasteiger partial charge >= 0.3 is 5.97 Å². The van der Waals surface area contributed by atoms with Crippen LogP contribution < -0.4 is 4.74 Å². The van der Waals surface area contributed by atoms with Crippen molar-refractivity contribution in [1.29, 1.82) is 0 Å². The molecule has 108 valence electrons. The second-order valence-corrected chi connectivity index (χ2v) is 5.02. The lowest BCUT2D eigenvalue weighted by Gasteiger charge is -2.08. The van der Waals surface area contributed by atoms with Crippen molar-refractivity contribution in [3.05, 3.63) is 68.2 Å². The minimum absolute atomic E-state index is 0.0192. The molecule has 0 saturated heterocycles. The van der Waals surface area contributed by atoms with Crippen LogP contribution in [0.1, 0.15) is 15.9 Å². The van der Waals surface area contributed by atoms with Crippen LogP contribution in [0.15, 0.2) is 46.9 Å². The summed E-state index contributed by atoms with van der Waals surface area (Å²) in [7, 11) is 0. The Morgan fingerprint density at radius 3 is 2.43 bits per heavy atom. The molecule has 0 spiro atoms. The van der Waals surface area contributed by atoms with Gasteiger partial charge in [-0.15, -0.1) is 0 Å².